The average Bonchev–Trinajstić information content (AvgIpc) is 2.40. The van der Waals surface area contributed by atoms with Gasteiger partial charge in [-0.1, -0.05) is 35.2 Å². The van der Waals surface area contributed by atoms with Crippen LogP contribution in [0.25, 0.3) is 0 Å². The summed E-state index contributed by atoms with van der Waals surface area (Å²) in [4.78, 5) is 4.74. The van der Waals surface area contributed by atoms with Gasteiger partial charge in [-0.15, -0.1) is 0 Å². The Morgan fingerprint density at radius 3 is 2.67 bits per heavy atom. The zero-order valence-corrected chi connectivity index (χ0v) is 12.7. The van der Waals surface area contributed by atoms with E-state index in [0.717, 1.165) is 21.3 Å². The zero-order chi connectivity index (χ0) is 13.0. The molecule has 0 aromatic heterocycles. The molecular formula is C15H20BrNO. The zero-order valence-electron chi connectivity index (χ0n) is 11.1. The highest BCUT2D eigenvalue weighted by Crippen LogP contribution is 2.27. The Balaban J connectivity index is 2.19. The van der Waals surface area contributed by atoms with Crippen molar-refractivity contribution in [1.82, 2.24) is 0 Å². The van der Waals surface area contributed by atoms with E-state index in [0.29, 0.717) is 6.04 Å². The minimum absolute atomic E-state index is 0.510. The summed E-state index contributed by atoms with van der Waals surface area (Å²) in [6.45, 7) is 2.08. The Kier molecular flexibility index (Phi) is 4.81. The number of methoxy groups -OCH3 is 1. The molecule has 0 atom stereocenters. The maximum atomic E-state index is 5.35. The summed E-state index contributed by atoms with van der Waals surface area (Å²) in [5.41, 5.74) is 2.28. The second-order valence-electron chi connectivity index (χ2n) is 4.86. The minimum Gasteiger partial charge on any atom is -0.496 e. The van der Waals surface area contributed by atoms with E-state index in [1.54, 1.807) is 7.11 Å². The van der Waals surface area contributed by atoms with E-state index in [9.17, 15) is 0 Å². The normalized spacial score (nSPS) is 17.3. The van der Waals surface area contributed by atoms with Crippen molar-refractivity contribution in [2.75, 3.05) is 7.11 Å². The van der Waals surface area contributed by atoms with Gasteiger partial charge in [-0.25, -0.2) is 0 Å². The molecule has 1 aliphatic carbocycles. The van der Waals surface area contributed by atoms with Crippen molar-refractivity contribution in [1.29, 1.82) is 0 Å². The van der Waals surface area contributed by atoms with E-state index in [1.165, 1.54) is 32.1 Å². The van der Waals surface area contributed by atoms with Crippen molar-refractivity contribution < 1.29 is 4.74 Å². The van der Waals surface area contributed by atoms with Crippen LogP contribution in [0.2, 0.25) is 0 Å². The second kappa shape index (κ2) is 6.37. The fourth-order valence-electron chi connectivity index (χ4n) is 2.47. The number of hydrogen-bond acceptors (Lipinski definition) is 2. The number of aliphatic imine (C=N–C) groups is 1. The molecule has 18 heavy (non-hydrogen) atoms. The first-order valence-corrected chi connectivity index (χ1v) is 7.38. The molecule has 1 aromatic rings. The molecule has 2 rings (SSSR count). The van der Waals surface area contributed by atoms with Crippen LogP contribution in [0.3, 0.4) is 0 Å². The second-order valence-corrected chi connectivity index (χ2v) is 5.71. The molecule has 0 saturated heterocycles. The topological polar surface area (TPSA) is 21.6 Å². The highest BCUT2D eigenvalue weighted by molar-refractivity contribution is 9.10. The van der Waals surface area contributed by atoms with E-state index < -0.39 is 0 Å². The lowest BCUT2D eigenvalue weighted by Crippen LogP contribution is -2.10. The van der Waals surface area contributed by atoms with Gasteiger partial charge < -0.3 is 4.74 Å². The molecule has 0 unspecified atom stereocenters. The summed E-state index contributed by atoms with van der Waals surface area (Å²) in [6.07, 6.45) is 8.49. The third-order valence-corrected chi connectivity index (χ3v) is 4.31. The standard InChI is InChI=1S/C15H20BrNO/c1-11-13(14(16)8-9-15(11)18-2)10-17-12-6-4-3-5-7-12/h8-10,12H,3-7H2,1-2H3. The summed E-state index contributed by atoms with van der Waals surface area (Å²) in [5, 5.41) is 0. The number of benzene rings is 1. The lowest BCUT2D eigenvalue weighted by atomic mass is 9.96. The molecule has 2 nitrogen and oxygen atoms in total. The Labute approximate surface area is 118 Å². The molecule has 0 aliphatic heterocycles. The van der Waals surface area contributed by atoms with Gasteiger partial charge in [-0.05, 0) is 31.9 Å². The van der Waals surface area contributed by atoms with Crippen LogP contribution in [0.5, 0.6) is 5.75 Å². The molecule has 1 fully saturated rings. The van der Waals surface area contributed by atoms with Crippen molar-refractivity contribution in [2.45, 2.75) is 45.1 Å². The fraction of sp³-hybridized carbons (Fsp3) is 0.533. The summed E-state index contributed by atoms with van der Waals surface area (Å²) in [6, 6.07) is 4.52. The molecule has 1 aliphatic rings. The summed E-state index contributed by atoms with van der Waals surface area (Å²) < 4.78 is 6.43. The Hall–Kier alpha value is -0.830. The molecule has 3 heteroatoms. The van der Waals surface area contributed by atoms with Crippen LogP contribution < -0.4 is 4.74 Å². The number of ether oxygens (including phenoxy) is 1. The van der Waals surface area contributed by atoms with Gasteiger partial charge >= 0.3 is 0 Å². The van der Waals surface area contributed by atoms with Gasteiger partial charge in [0.05, 0.1) is 7.11 Å². The Morgan fingerprint density at radius 1 is 1.28 bits per heavy atom. The molecule has 0 N–H and O–H groups in total. The molecule has 0 radical (unpaired) electrons. The Bertz CT molecular complexity index is 436. The van der Waals surface area contributed by atoms with Crippen molar-refractivity contribution >= 4 is 22.1 Å². The molecule has 1 aromatic carbocycles. The maximum absolute atomic E-state index is 5.35. The van der Waals surface area contributed by atoms with Crippen LogP contribution in [-0.2, 0) is 0 Å². The number of hydrogen-bond donors (Lipinski definition) is 0. The molecule has 98 valence electrons. The van der Waals surface area contributed by atoms with Crippen molar-refractivity contribution in [3.05, 3.63) is 27.7 Å². The van der Waals surface area contributed by atoms with Gasteiger partial charge in [0.15, 0.2) is 0 Å². The molecule has 0 amide bonds. The lowest BCUT2D eigenvalue weighted by Gasteiger charge is -2.17. The summed E-state index contributed by atoms with van der Waals surface area (Å²) >= 11 is 3.59. The van der Waals surface area contributed by atoms with Gasteiger partial charge in [-0.3, -0.25) is 4.99 Å². The number of rotatable bonds is 3. The third kappa shape index (κ3) is 3.14. The number of halogens is 1. The van der Waals surface area contributed by atoms with E-state index in [-0.39, 0.29) is 0 Å². The van der Waals surface area contributed by atoms with Crippen molar-refractivity contribution in [2.24, 2.45) is 4.99 Å². The van der Waals surface area contributed by atoms with Crippen LogP contribution in [0, 0.1) is 6.92 Å². The molecule has 0 bridgehead atoms. The predicted molar refractivity (Wildman–Crippen MR) is 79.9 cm³/mol. The van der Waals surface area contributed by atoms with Crippen LogP contribution in [0.4, 0.5) is 0 Å². The Morgan fingerprint density at radius 2 is 2.00 bits per heavy atom. The van der Waals surface area contributed by atoms with Gasteiger partial charge in [0.2, 0.25) is 0 Å². The first kappa shape index (κ1) is 13.6. The molecule has 0 spiro atoms. The first-order valence-electron chi connectivity index (χ1n) is 6.58. The van der Waals surface area contributed by atoms with E-state index >= 15 is 0 Å². The van der Waals surface area contributed by atoms with E-state index in [4.69, 9.17) is 9.73 Å². The van der Waals surface area contributed by atoms with Gasteiger partial charge in [0, 0.05) is 27.9 Å². The SMILES string of the molecule is COc1ccc(Br)c(C=NC2CCCCC2)c1C. The quantitative estimate of drug-likeness (QED) is 0.752. The summed E-state index contributed by atoms with van der Waals surface area (Å²) in [5.74, 6) is 0.920. The smallest absolute Gasteiger partial charge is 0.122 e. The predicted octanol–water partition coefficient (Wildman–Crippen LogP) is 4.52. The largest absolute Gasteiger partial charge is 0.496 e. The highest BCUT2D eigenvalue weighted by atomic mass is 79.9. The molecule has 0 heterocycles. The highest BCUT2D eigenvalue weighted by Gasteiger charge is 2.12. The van der Waals surface area contributed by atoms with Crippen LogP contribution in [0.15, 0.2) is 21.6 Å². The van der Waals surface area contributed by atoms with Crippen LogP contribution in [-0.4, -0.2) is 19.4 Å². The number of nitrogens with zero attached hydrogens (tertiary/aromatic N) is 1. The van der Waals surface area contributed by atoms with E-state index in [1.807, 2.05) is 18.3 Å². The monoisotopic (exact) mass is 309 g/mol. The van der Waals surface area contributed by atoms with Gasteiger partial charge in [0.1, 0.15) is 5.75 Å². The summed E-state index contributed by atoms with van der Waals surface area (Å²) in [7, 11) is 1.71. The van der Waals surface area contributed by atoms with Gasteiger partial charge in [0.25, 0.3) is 0 Å². The first-order chi connectivity index (χ1) is 8.72. The van der Waals surface area contributed by atoms with Crippen molar-refractivity contribution in [3.63, 3.8) is 0 Å². The lowest BCUT2D eigenvalue weighted by molar-refractivity contribution is 0.411. The molecular weight excluding hydrogens is 290 g/mol. The van der Waals surface area contributed by atoms with Crippen molar-refractivity contribution in [3.8, 4) is 5.75 Å². The fourth-order valence-corrected chi connectivity index (χ4v) is 3.00. The van der Waals surface area contributed by atoms with Crippen LogP contribution >= 0.6 is 15.9 Å². The molecule has 1 saturated carbocycles. The van der Waals surface area contributed by atoms with E-state index in [2.05, 4.69) is 22.9 Å². The third-order valence-electron chi connectivity index (χ3n) is 3.62. The average molecular weight is 310 g/mol. The maximum Gasteiger partial charge on any atom is 0.122 e. The minimum atomic E-state index is 0.510. The van der Waals surface area contributed by atoms with Gasteiger partial charge in [-0.2, -0.15) is 0 Å². The van der Waals surface area contributed by atoms with Crippen LogP contribution in [0.1, 0.15) is 43.2 Å².